The predicted octanol–water partition coefficient (Wildman–Crippen LogP) is 4.63. The third kappa shape index (κ3) is 4.09. The highest BCUT2D eigenvalue weighted by atomic mass is 35.5. The molecule has 1 amide bonds. The third-order valence-electron chi connectivity index (χ3n) is 6.27. The minimum Gasteiger partial charge on any atom is -0.457 e. The molecule has 2 aliphatic heterocycles. The van der Waals surface area contributed by atoms with Gasteiger partial charge in [-0.15, -0.1) is 0 Å². The maximum Gasteiger partial charge on any atom is 0.219 e. The largest absolute Gasteiger partial charge is 0.457 e. The highest BCUT2D eigenvalue weighted by molar-refractivity contribution is 7.90. The molecule has 1 atom stereocenters. The van der Waals surface area contributed by atoms with E-state index in [1.165, 1.54) is 29.7 Å². The number of fused-ring (bicyclic) bond motifs is 2. The van der Waals surface area contributed by atoms with Gasteiger partial charge in [-0.05, 0) is 54.4 Å². The van der Waals surface area contributed by atoms with Crippen LogP contribution in [0.25, 0.3) is 0 Å². The van der Waals surface area contributed by atoms with Crippen molar-refractivity contribution in [2.24, 2.45) is 0 Å². The van der Waals surface area contributed by atoms with E-state index >= 15 is 0 Å². The molecule has 1 unspecified atom stereocenters. The second-order valence-corrected chi connectivity index (χ2v) is 12.2. The topological polar surface area (TPSA) is 79.8 Å². The molecule has 10 heteroatoms. The van der Waals surface area contributed by atoms with E-state index in [9.17, 15) is 13.2 Å². The van der Waals surface area contributed by atoms with Crippen LogP contribution in [0.2, 0.25) is 4.34 Å². The summed E-state index contributed by atoms with van der Waals surface area (Å²) >= 11 is 7.58. The van der Waals surface area contributed by atoms with Crippen molar-refractivity contribution in [2.75, 3.05) is 30.8 Å². The van der Waals surface area contributed by atoms with Crippen molar-refractivity contribution >= 4 is 49.5 Å². The smallest absolute Gasteiger partial charge is 0.219 e. The minimum atomic E-state index is -3.27. The van der Waals surface area contributed by atoms with Crippen LogP contribution in [0.15, 0.2) is 53.6 Å². The summed E-state index contributed by atoms with van der Waals surface area (Å²) in [5, 5.41) is 0.824. The Bertz CT molecular complexity index is 1340. The van der Waals surface area contributed by atoms with Crippen LogP contribution < -0.4 is 9.64 Å². The Hall–Kier alpha value is -2.62. The van der Waals surface area contributed by atoms with E-state index in [-0.39, 0.29) is 16.2 Å². The first-order chi connectivity index (χ1) is 15.6. The number of halogens is 1. The number of likely N-dealkylation sites (tertiary alicyclic amines) is 1. The molecule has 1 spiro atoms. The number of rotatable bonds is 4. The Labute approximate surface area is 201 Å². The Morgan fingerprint density at radius 1 is 1.15 bits per heavy atom. The summed E-state index contributed by atoms with van der Waals surface area (Å²) in [7, 11) is -3.27. The monoisotopic (exact) mass is 503 g/mol. The molecule has 5 rings (SSSR count). The molecule has 1 saturated heterocycles. The third-order valence-corrected chi connectivity index (χ3v) is 8.54. The fourth-order valence-electron chi connectivity index (χ4n) is 4.63. The summed E-state index contributed by atoms with van der Waals surface area (Å²) in [5.41, 5.74) is 1.92. The van der Waals surface area contributed by atoms with Gasteiger partial charge in [0, 0.05) is 43.9 Å². The lowest BCUT2D eigenvalue weighted by Crippen LogP contribution is -2.36. The standard InChI is InChI=1S/C23H22ClN3O4S2/c1-15(28)26-10-9-23(13-26)14-27(22-25-12-21(24)32-22)20-8-5-17(11-19(20)23)31-16-3-6-18(7-4-16)33(2,29)30/h3-8,11-12H,9-10,13-14H2,1-2H3. The van der Waals surface area contributed by atoms with Gasteiger partial charge in [-0.2, -0.15) is 0 Å². The molecule has 3 aromatic rings. The van der Waals surface area contributed by atoms with Crippen molar-refractivity contribution in [3.63, 3.8) is 0 Å². The molecule has 33 heavy (non-hydrogen) atoms. The van der Waals surface area contributed by atoms with E-state index in [1.54, 1.807) is 25.3 Å². The van der Waals surface area contributed by atoms with E-state index in [2.05, 4.69) is 9.88 Å². The molecule has 1 fully saturated rings. The van der Waals surface area contributed by atoms with Crippen molar-refractivity contribution in [1.82, 2.24) is 9.88 Å². The van der Waals surface area contributed by atoms with Crippen molar-refractivity contribution in [1.29, 1.82) is 0 Å². The van der Waals surface area contributed by atoms with Crippen LogP contribution in [0, 0.1) is 0 Å². The zero-order valence-electron chi connectivity index (χ0n) is 18.1. The predicted molar refractivity (Wildman–Crippen MR) is 129 cm³/mol. The van der Waals surface area contributed by atoms with Crippen molar-refractivity contribution in [2.45, 2.75) is 23.7 Å². The van der Waals surface area contributed by atoms with Gasteiger partial charge in [-0.3, -0.25) is 4.79 Å². The number of carbonyl (C=O) groups excluding carboxylic acids is 1. The quantitative estimate of drug-likeness (QED) is 0.516. The molecule has 0 aliphatic carbocycles. The average Bonchev–Trinajstić information content (AvgIpc) is 3.46. The second kappa shape index (κ2) is 8.00. The second-order valence-electron chi connectivity index (χ2n) is 8.53. The molecular weight excluding hydrogens is 482 g/mol. The SMILES string of the molecule is CC(=O)N1CCC2(C1)CN(c1ncc(Cl)s1)c1ccc(Oc3ccc(S(C)(=O)=O)cc3)cc12. The number of carbonyl (C=O) groups is 1. The zero-order valence-corrected chi connectivity index (χ0v) is 20.5. The van der Waals surface area contributed by atoms with Crippen molar-refractivity contribution < 1.29 is 17.9 Å². The summed E-state index contributed by atoms with van der Waals surface area (Å²) in [4.78, 5) is 20.9. The van der Waals surface area contributed by atoms with Crippen LogP contribution in [0.5, 0.6) is 11.5 Å². The first-order valence-electron chi connectivity index (χ1n) is 10.4. The number of aromatic nitrogens is 1. The molecule has 172 valence electrons. The summed E-state index contributed by atoms with van der Waals surface area (Å²) in [5.74, 6) is 1.28. The minimum absolute atomic E-state index is 0.0718. The Balaban J connectivity index is 1.50. The van der Waals surface area contributed by atoms with Crippen LogP contribution in [0.4, 0.5) is 10.8 Å². The van der Waals surface area contributed by atoms with Gasteiger partial charge in [0.15, 0.2) is 15.0 Å². The molecule has 0 N–H and O–H groups in total. The lowest BCUT2D eigenvalue weighted by molar-refractivity contribution is -0.127. The van der Waals surface area contributed by atoms with Gasteiger partial charge < -0.3 is 14.5 Å². The van der Waals surface area contributed by atoms with Crippen LogP contribution in [0.1, 0.15) is 18.9 Å². The fraction of sp³-hybridized carbons (Fsp3) is 0.304. The zero-order chi connectivity index (χ0) is 23.4. The molecular formula is C23H22ClN3O4S2. The maximum atomic E-state index is 12.1. The van der Waals surface area contributed by atoms with E-state index in [4.69, 9.17) is 16.3 Å². The van der Waals surface area contributed by atoms with Crippen molar-refractivity contribution in [3.8, 4) is 11.5 Å². The molecule has 3 heterocycles. The first kappa shape index (κ1) is 22.2. The highest BCUT2D eigenvalue weighted by Crippen LogP contribution is 2.51. The highest BCUT2D eigenvalue weighted by Gasteiger charge is 2.49. The summed E-state index contributed by atoms with van der Waals surface area (Å²) < 4.78 is 30.1. The Kier molecular flexibility index (Phi) is 5.38. The molecule has 0 bridgehead atoms. The number of benzene rings is 2. The van der Waals surface area contributed by atoms with E-state index in [0.29, 0.717) is 35.5 Å². The Morgan fingerprint density at radius 3 is 2.48 bits per heavy atom. The summed E-state index contributed by atoms with van der Waals surface area (Å²) in [6, 6.07) is 12.3. The number of hydrogen-bond acceptors (Lipinski definition) is 7. The lowest BCUT2D eigenvalue weighted by Gasteiger charge is -2.25. The van der Waals surface area contributed by atoms with Gasteiger partial charge >= 0.3 is 0 Å². The van der Waals surface area contributed by atoms with E-state index in [0.717, 1.165) is 22.8 Å². The van der Waals surface area contributed by atoms with Crippen LogP contribution >= 0.6 is 22.9 Å². The number of anilines is 2. The summed E-state index contributed by atoms with van der Waals surface area (Å²) in [6.45, 7) is 3.66. The van der Waals surface area contributed by atoms with Gasteiger partial charge in [0.25, 0.3) is 0 Å². The van der Waals surface area contributed by atoms with Crippen molar-refractivity contribution in [3.05, 3.63) is 58.6 Å². The Morgan fingerprint density at radius 2 is 1.88 bits per heavy atom. The number of thiazole rings is 1. The van der Waals surface area contributed by atoms with Gasteiger partial charge in [-0.1, -0.05) is 22.9 Å². The maximum absolute atomic E-state index is 12.1. The molecule has 1 aromatic heterocycles. The molecule has 2 aliphatic rings. The van der Waals surface area contributed by atoms with Crippen LogP contribution in [-0.4, -0.2) is 50.1 Å². The number of sulfone groups is 1. The molecule has 2 aromatic carbocycles. The lowest BCUT2D eigenvalue weighted by atomic mass is 9.81. The number of nitrogens with zero attached hydrogens (tertiary/aromatic N) is 3. The van der Waals surface area contributed by atoms with Crippen LogP contribution in [0.3, 0.4) is 0 Å². The first-order valence-corrected chi connectivity index (χ1v) is 13.5. The summed E-state index contributed by atoms with van der Waals surface area (Å²) in [6.07, 6.45) is 3.68. The number of ether oxygens (including phenoxy) is 1. The van der Waals surface area contributed by atoms with E-state index < -0.39 is 9.84 Å². The average molecular weight is 504 g/mol. The van der Waals surface area contributed by atoms with Crippen LogP contribution in [-0.2, 0) is 20.0 Å². The van der Waals surface area contributed by atoms with Gasteiger partial charge in [-0.25, -0.2) is 13.4 Å². The normalized spacial score (nSPS) is 19.8. The van der Waals surface area contributed by atoms with Gasteiger partial charge in [0.2, 0.25) is 5.91 Å². The molecule has 0 radical (unpaired) electrons. The van der Waals surface area contributed by atoms with Gasteiger partial charge in [0.1, 0.15) is 15.8 Å². The molecule has 7 nitrogen and oxygen atoms in total. The van der Waals surface area contributed by atoms with Gasteiger partial charge in [0.05, 0.1) is 11.1 Å². The number of amides is 1. The molecule has 0 saturated carbocycles. The number of hydrogen-bond donors (Lipinski definition) is 0. The van der Waals surface area contributed by atoms with E-state index in [1.807, 2.05) is 23.1 Å². The fourth-order valence-corrected chi connectivity index (χ4v) is 6.18.